The zero-order chi connectivity index (χ0) is 8.67. The molecule has 0 atom stereocenters. The molecule has 2 aromatic rings. The van der Waals surface area contributed by atoms with E-state index in [0.717, 1.165) is 22.3 Å². The van der Waals surface area contributed by atoms with Crippen LogP contribution in [0.5, 0.6) is 0 Å². The highest BCUT2D eigenvalue weighted by Gasteiger charge is 2.12. The molecule has 1 aromatic carbocycles. The average Bonchev–Trinajstić information content (AvgIpc) is 2.61. The second kappa shape index (κ2) is 2.44. The summed E-state index contributed by atoms with van der Waals surface area (Å²) in [7, 11) is 0. The van der Waals surface area contributed by atoms with Gasteiger partial charge in [-0.1, -0.05) is 18.2 Å². The van der Waals surface area contributed by atoms with Crippen LogP contribution < -0.4 is 5.48 Å². The van der Waals surface area contributed by atoms with Crippen molar-refractivity contribution in [3.8, 4) is 0 Å². The van der Waals surface area contributed by atoms with Crippen LogP contribution in [-0.2, 0) is 11.4 Å². The summed E-state index contributed by atoms with van der Waals surface area (Å²) in [5.74, 6) is 0.846. The van der Waals surface area contributed by atoms with Crippen molar-refractivity contribution in [3.05, 3.63) is 35.9 Å². The van der Waals surface area contributed by atoms with Crippen molar-refractivity contribution in [2.75, 3.05) is 5.48 Å². The van der Waals surface area contributed by atoms with E-state index >= 15 is 0 Å². The highest BCUT2D eigenvalue weighted by molar-refractivity contribution is 5.81. The number of aromatic nitrogens is 1. The van der Waals surface area contributed by atoms with E-state index in [1.54, 1.807) is 0 Å². The van der Waals surface area contributed by atoms with Crippen LogP contribution in [0.1, 0.15) is 5.56 Å². The van der Waals surface area contributed by atoms with Gasteiger partial charge < -0.3 is 0 Å². The van der Waals surface area contributed by atoms with Gasteiger partial charge in [0.1, 0.15) is 6.61 Å². The second-order valence-corrected chi connectivity index (χ2v) is 3.08. The highest BCUT2D eigenvalue weighted by atomic mass is 16.7. The van der Waals surface area contributed by atoms with Crippen LogP contribution in [0.2, 0.25) is 0 Å². The molecule has 64 valence electrons. The van der Waals surface area contributed by atoms with Gasteiger partial charge in [0.25, 0.3) is 0 Å². The Balaban J connectivity index is 2.36. The van der Waals surface area contributed by atoms with Crippen molar-refractivity contribution >= 4 is 16.7 Å². The van der Waals surface area contributed by atoms with Crippen molar-refractivity contribution in [1.82, 2.24) is 4.98 Å². The Hall–Kier alpha value is -1.61. The van der Waals surface area contributed by atoms with Gasteiger partial charge in [0, 0.05) is 10.9 Å². The Morgan fingerprint density at radius 2 is 2.23 bits per heavy atom. The first-order valence-electron chi connectivity index (χ1n) is 4.20. The summed E-state index contributed by atoms with van der Waals surface area (Å²) in [6.07, 6.45) is 0. The summed E-state index contributed by atoms with van der Waals surface area (Å²) in [4.78, 5) is 9.49. The van der Waals surface area contributed by atoms with E-state index in [1.165, 1.54) is 0 Å². The van der Waals surface area contributed by atoms with Crippen molar-refractivity contribution in [3.63, 3.8) is 0 Å². The van der Waals surface area contributed by atoms with Crippen LogP contribution in [0.15, 0.2) is 30.3 Å². The van der Waals surface area contributed by atoms with Crippen LogP contribution in [0.3, 0.4) is 0 Å². The van der Waals surface area contributed by atoms with Crippen LogP contribution >= 0.6 is 0 Å². The molecule has 1 N–H and O–H groups in total. The number of hydrogen-bond donors (Lipinski definition) is 1. The quantitative estimate of drug-likeness (QED) is 0.660. The molecule has 1 aliphatic rings. The van der Waals surface area contributed by atoms with Crippen LogP contribution in [0.25, 0.3) is 10.9 Å². The van der Waals surface area contributed by atoms with E-state index in [2.05, 4.69) is 22.6 Å². The van der Waals surface area contributed by atoms with Gasteiger partial charge in [-0.2, -0.15) is 0 Å². The minimum Gasteiger partial charge on any atom is -0.270 e. The summed E-state index contributed by atoms with van der Waals surface area (Å²) >= 11 is 0. The normalized spacial score (nSPS) is 14.2. The highest BCUT2D eigenvalue weighted by Crippen LogP contribution is 2.24. The minimum absolute atomic E-state index is 0.604. The van der Waals surface area contributed by atoms with Gasteiger partial charge in [-0.05, 0) is 12.1 Å². The second-order valence-electron chi connectivity index (χ2n) is 3.08. The predicted octanol–water partition coefficient (Wildman–Crippen LogP) is 2.09. The third-order valence-electron chi connectivity index (χ3n) is 2.20. The number of para-hydroxylation sites is 1. The zero-order valence-electron chi connectivity index (χ0n) is 6.95. The molecule has 0 spiro atoms. The largest absolute Gasteiger partial charge is 0.270 e. The molecule has 3 rings (SSSR count). The first kappa shape index (κ1) is 6.86. The number of fused-ring (bicyclic) bond motifs is 2. The first-order chi connectivity index (χ1) is 6.43. The average molecular weight is 172 g/mol. The van der Waals surface area contributed by atoms with Crippen molar-refractivity contribution in [2.45, 2.75) is 6.61 Å². The van der Waals surface area contributed by atoms with E-state index in [1.807, 2.05) is 18.2 Å². The van der Waals surface area contributed by atoms with E-state index in [0.29, 0.717) is 6.61 Å². The molecule has 1 aliphatic heterocycles. The molecular formula is C10H8N2O. The monoisotopic (exact) mass is 172 g/mol. The lowest BCUT2D eigenvalue weighted by molar-refractivity contribution is 0.202. The molecule has 0 unspecified atom stereocenters. The molecule has 0 fully saturated rings. The standard InChI is InChI=1S/C10H8N2O/c1-2-4-9-7(3-1)5-8-6-13-12-10(8)11-9/h1-5H,6H2,(H,11,12). The Bertz CT molecular complexity index is 425. The Morgan fingerprint density at radius 3 is 3.23 bits per heavy atom. The number of hydrogen-bond acceptors (Lipinski definition) is 3. The third kappa shape index (κ3) is 0.975. The Morgan fingerprint density at radius 1 is 1.31 bits per heavy atom. The summed E-state index contributed by atoms with van der Waals surface area (Å²) in [6, 6.07) is 10.2. The molecule has 0 bridgehead atoms. The van der Waals surface area contributed by atoms with Gasteiger partial charge >= 0.3 is 0 Å². The van der Waals surface area contributed by atoms with Gasteiger partial charge in [-0.25, -0.2) is 10.5 Å². The van der Waals surface area contributed by atoms with Gasteiger partial charge in [0.05, 0.1) is 5.52 Å². The van der Waals surface area contributed by atoms with Gasteiger partial charge in [-0.3, -0.25) is 4.84 Å². The van der Waals surface area contributed by atoms with E-state index in [9.17, 15) is 0 Å². The fourth-order valence-electron chi connectivity index (χ4n) is 1.54. The van der Waals surface area contributed by atoms with Crippen molar-refractivity contribution < 1.29 is 4.84 Å². The third-order valence-corrected chi connectivity index (χ3v) is 2.20. The maximum absolute atomic E-state index is 5.07. The molecule has 0 saturated heterocycles. The Kier molecular flexibility index (Phi) is 1.29. The number of nitrogens with zero attached hydrogens (tertiary/aromatic N) is 1. The van der Waals surface area contributed by atoms with Crippen LogP contribution in [-0.4, -0.2) is 4.98 Å². The Labute approximate surface area is 75.3 Å². The minimum atomic E-state index is 0.604. The summed E-state index contributed by atoms with van der Waals surface area (Å²) in [5, 5.41) is 1.16. The van der Waals surface area contributed by atoms with E-state index < -0.39 is 0 Å². The summed E-state index contributed by atoms with van der Waals surface area (Å²) in [5.41, 5.74) is 4.90. The van der Waals surface area contributed by atoms with Gasteiger partial charge in [0.15, 0.2) is 5.82 Å². The lowest BCUT2D eigenvalue weighted by atomic mass is 10.1. The number of benzene rings is 1. The van der Waals surface area contributed by atoms with Crippen LogP contribution in [0, 0.1) is 0 Å². The number of pyridine rings is 1. The molecule has 1 aromatic heterocycles. The maximum atomic E-state index is 5.07. The maximum Gasteiger partial charge on any atom is 0.156 e. The SMILES string of the molecule is c1ccc2nc3c(cc2c1)CON3. The molecule has 2 heterocycles. The summed E-state index contributed by atoms with van der Waals surface area (Å²) < 4.78 is 0. The van der Waals surface area contributed by atoms with Crippen molar-refractivity contribution in [2.24, 2.45) is 0 Å². The molecular weight excluding hydrogens is 164 g/mol. The fraction of sp³-hybridized carbons (Fsp3) is 0.100. The smallest absolute Gasteiger partial charge is 0.156 e. The number of nitrogens with one attached hydrogen (secondary N) is 1. The fourth-order valence-corrected chi connectivity index (χ4v) is 1.54. The lowest BCUT2D eigenvalue weighted by Crippen LogP contribution is -1.90. The molecule has 3 heteroatoms. The molecule has 0 amide bonds. The first-order valence-corrected chi connectivity index (χ1v) is 4.20. The molecule has 0 radical (unpaired) electrons. The van der Waals surface area contributed by atoms with Crippen LogP contribution in [0.4, 0.5) is 5.82 Å². The van der Waals surface area contributed by atoms with E-state index in [-0.39, 0.29) is 0 Å². The van der Waals surface area contributed by atoms with Gasteiger partial charge in [0.2, 0.25) is 0 Å². The number of rotatable bonds is 0. The molecule has 3 nitrogen and oxygen atoms in total. The lowest BCUT2D eigenvalue weighted by Gasteiger charge is -1.99. The number of anilines is 1. The molecule has 0 aliphatic carbocycles. The van der Waals surface area contributed by atoms with Crippen molar-refractivity contribution in [1.29, 1.82) is 0 Å². The van der Waals surface area contributed by atoms with Gasteiger partial charge in [-0.15, -0.1) is 0 Å². The summed E-state index contributed by atoms with van der Waals surface area (Å²) in [6.45, 7) is 0.604. The van der Waals surface area contributed by atoms with E-state index in [4.69, 9.17) is 4.84 Å². The topological polar surface area (TPSA) is 34.1 Å². The predicted molar refractivity (Wildman–Crippen MR) is 50.2 cm³/mol. The molecule has 13 heavy (non-hydrogen) atoms. The zero-order valence-corrected chi connectivity index (χ0v) is 6.95. The molecule has 0 saturated carbocycles.